The van der Waals surface area contributed by atoms with Crippen molar-refractivity contribution in [1.82, 2.24) is 4.98 Å². The molecule has 1 aromatic heterocycles. The van der Waals surface area contributed by atoms with Gasteiger partial charge in [-0.3, -0.25) is 4.72 Å². The minimum atomic E-state index is -3.74. The van der Waals surface area contributed by atoms with Gasteiger partial charge in [0.1, 0.15) is 16.5 Å². The first-order chi connectivity index (χ1) is 14.4. The van der Waals surface area contributed by atoms with Crippen LogP contribution in [0.2, 0.25) is 0 Å². The highest BCUT2D eigenvalue weighted by Crippen LogP contribution is 2.38. The van der Waals surface area contributed by atoms with Gasteiger partial charge in [-0.2, -0.15) is 0 Å². The molecule has 0 saturated carbocycles. The van der Waals surface area contributed by atoms with Crippen LogP contribution in [0.15, 0.2) is 65.6 Å². The van der Waals surface area contributed by atoms with E-state index in [0.29, 0.717) is 22.9 Å². The first-order valence-corrected chi connectivity index (χ1v) is 11.6. The summed E-state index contributed by atoms with van der Waals surface area (Å²) < 4.78 is 34.4. The van der Waals surface area contributed by atoms with E-state index in [2.05, 4.69) is 9.71 Å². The molecule has 0 amide bonds. The largest absolute Gasteiger partial charge is 0.507 e. The minimum absolute atomic E-state index is 0.0253. The van der Waals surface area contributed by atoms with E-state index < -0.39 is 10.0 Å². The first kappa shape index (κ1) is 20.2. The number of phenolic OH excluding ortho intramolecular Hbond substituents is 1. The van der Waals surface area contributed by atoms with Crippen LogP contribution in [0.5, 0.6) is 11.5 Å². The Labute approximate surface area is 178 Å². The first-order valence-electron chi connectivity index (χ1n) is 9.32. The molecular weight excluding hydrogens is 420 g/mol. The summed E-state index contributed by atoms with van der Waals surface area (Å²) in [5.41, 5.74) is 2.56. The standard InChI is InChI=1S/C22H20N2O4S2/c1-3-28-16-7-10-19-21(13-16)29-22(23-19)18-12-15(6-11-20(18)25)24-30(26,27)17-8-4-14(2)5-9-17/h4-13,24-25H,3H2,1-2H3. The zero-order valence-electron chi connectivity index (χ0n) is 16.4. The maximum atomic E-state index is 12.7. The molecule has 4 aromatic rings. The molecule has 8 heteroatoms. The summed E-state index contributed by atoms with van der Waals surface area (Å²) in [5.74, 6) is 0.779. The number of nitrogens with zero attached hydrogens (tertiary/aromatic N) is 1. The van der Waals surface area contributed by atoms with Crippen LogP contribution in [0.1, 0.15) is 12.5 Å². The normalized spacial score (nSPS) is 11.5. The van der Waals surface area contributed by atoms with Crippen LogP contribution in [0.3, 0.4) is 0 Å². The van der Waals surface area contributed by atoms with Gasteiger partial charge in [-0.1, -0.05) is 17.7 Å². The van der Waals surface area contributed by atoms with Gasteiger partial charge in [0.2, 0.25) is 0 Å². The maximum absolute atomic E-state index is 12.7. The molecule has 30 heavy (non-hydrogen) atoms. The fraction of sp³-hybridized carbons (Fsp3) is 0.136. The lowest BCUT2D eigenvalue weighted by Gasteiger charge is -2.10. The number of aromatic nitrogens is 1. The number of nitrogens with one attached hydrogen (secondary N) is 1. The van der Waals surface area contributed by atoms with Crippen molar-refractivity contribution in [1.29, 1.82) is 0 Å². The highest BCUT2D eigenvalue weighted by atomic mass is 32.2. The summed E-state index contributed by atoms with van der Waals surface area (Å²) in [6.07, 6.45) is 0. The number of hydrogen-bond acceptors (Lipinski definition) is 6. The van der Waals surface area contributed by atoms with E-state index in [0.717, 1.165) is 21.5 Å². The summed E-state index contributed by atoms with van der Waals surface area (Å²) in [5, 5.41) is 11.0. The topological polar surface area (TPSA) is 88.5 Å². The van der Waals surface area contributed by atoms with Gasteiger partial charge in [0.05, 0.1) is 27.3 Å². The summed E-state index contributed by atoms with van der Waals surface area (Å²) in [4.78, 5) is 4.75. The number of aryl methyl sites for hydroxylation is 1. The lowest BCUT2D eigenvalue weighted by atomic mass is 10.2. The predicted molar refractivity (Wildman–Crippen MR) is 120 cm³/mol. The van der Waals surface area contributed by atoms with Gasteiger partial charge in [-0.05, 0) is 62.4 Å². The Morgan fingerprint density at radius 2 is 1.83 bits per heavy atom. The Hall–Kier alpha value is -3.10. The highest BCUT2D eigenvalue weighted by molar-refractivity contribution is 7.92. The lowest BCUT2D eigenvalue weighted by Crippen LogP contribution is -2.12. The van der Waals surface area contributed by atoms with Crippen molar-refractivity contribution >= 4 is 37.3 Å². The Balaban J connectivity index is 1.68. The van der Waals surface area contributed by atoms with Gasteiger partial charge < -0.3 is 9.84 Å². The molecule has 0 saturated heterocycles. The highest BCUT2D eigenvalue weighted by Gasteiger charge is 2.17. The number of ether oxygens (including phenoxy) is 1. The minimum Gasteiger partial charge on any atom is -0.507 e. The Morgan fingerprint density at radius 1 is 1.07 bits per heavy atom. The molecule has 0 bridgehead atoms. The predicted octanol–water partition coefficient (Wildman–Crippen LogP) is 5.18. The molecule has 0 aliphatic rings. The molecule has 0 aliphatic heterocycles. The fourth-order valence-electron chi connectivity index (χ4n) is 2.98. The van der Waals surface area contributed by atoms with Gasteiger partial charge in [0.25, 0.3) is 10.0 Å². The van der Waals surface area contributed by atoms with Crippen molar-refractivity contribution in [3.8, 4) is 22.1 Å². The molecule has 0 radical (unpaired) electrons. The third-order valence-corrected chi connectivity index (χ3v) is 6.93. The second-order valence-electron chi connectivity index (χ2n) is 6.73. The quantitative estimate of drug-likeness (QED) is 0.404. The summed E-state index contributed by atoms with van der Waals surface area (Å²) in [6, 6.07) is 16.8. The molecule has 1 heterocycles. The van der Waals surface area contributed by atoms with Gasteiger partial charge in [0, 0.05) is 5.69 Å². The summed E-state index contributed by atoms with van der Waals surface area (Å²) in [7, 11) is -3.74. The summed E-state index contributed by atoms with van der Waals surface area (Å²) in [6.45, 7) is 4.38. The van der Waals surface area contributed by atoms with Crippen molar-refractivity contribution in [3.63, 3.8) is 0 Å². The average molecular weight is 441 g/mol. The smallest absolute Gasteiger partial charge is 0.261 e. The molecular formula is C22H20N2O4S2. The molecule has 2 N–H and O–H groups in total. The third-order valence-electron chi connectivity index (χ3n) is 4.48. The van der Waals surface area contributed by atoms with Crippen molar-refractivity contribution < 1.29 is 18.3 Å². The molecule has 0 unspecified atom stereocenters. The molecule has 3 aromatic carbocycles. The molecule has 0 aliphatic carbocycles. The van der Waals surface area contributed by atoms with Crippen LogP contribution in [0, 0.1) is 6.92 Å². The molecule has 0 spiro atoms. The van der Waals surface area contributed by atoms with Gasteiger partial charge in [-0.25, -0.2) is 13.4 Å². The number of aromatic hydroxyl groups is 1. The van der Waals surface area contributed by atoms with E-state index in [1.807, 2.05) is 32.0 Å². The second kappa shape index (κ2) is 7.97. The Morgan fingerprint density at radius 3 is 2.57 bits per heavy atom. The number of thiazole rings is 1. The zero-order chi connectivity index (χ0) is 21.3. The molecule has 0 fully saturated rings. The van der Waals surface area contributed by atoms with E-state index in [-0.39, 0.29) is 10.6 Å². The van der Waals surface area contributed by atoms with Gasteiger partial charge in [0.15, 0.2) is 0 Å². The van der Waals surface area contributed by atoms with Crippen LogP contribution in [0.25, 0.3) is 20.8 Å². The number of anilines is 1. The molecule has 4 rings (SSSR count). The van der Waals surface area contributed by atoms with Crippen LogP contribution in [0.4, 0.5) is 5.69 Å². The van der Waals surface area contributed by atoms with E-state index in [1.165, 1.54) is 23.5 Å². The van der Waals surface area contributed by atoms with Crippen molar-refractivity contribution in [2.24, 2.45) is 0 Å². The maximum Gasteiger partial charge on any atom is 0.261 e. The number of phenols is 1. The number of fused-ring (bicyclic) bond motifs is 1. The zero-order valence-corrected chi connectivity index (χ0v) is 18.0. The summed E-state index contributed by atoms with van der Waals surface area (Å²) >= 11 is 1.40. The fourth-order valence-corrected chi connectivity index (χ4v) is 5.05. The van der Waals surface area contributed by atoms with Crippen LogP contribution >= 0.6 is 11.3 Å². The average Bonchev–Trinajstić information content (AvgIpc) is 3.13. The molecule has 6 nitrogen and oxygen atoms in total. The lowest BCUT2D eigenvalue weighted by molar-refractivity contribution is 0.341. The van der Waals surface area contributed by atoms with Crippen molar-refractivity contribution in [3.05, 3.63) is 66.2 Å². The number of hydrogen-bond donors (Lipinski definition) is 2. The van der Waals surface area contributed by atoms with Gasteiger partial charge in [-0.15, -0.1) is 11.3 Å². The van der Waals surface area contributed by atoms with E-state index >= 15 is 0 Å². The molecule has 0 atom stereocenters. The van der Waals surface area contributed by atoms with E-state index in [9.17, 15) is 13.5 Å². The van der Waals surface area contributed by atoms with Crippen LogP contribution in [-0.4, -0.2) is 25.1 Å². The van der Waals surface area contributed by atoms with Crippen LogP contribution < -0.4 is 9.46 Å². The Bertz CT molecular complexity index is 1310. The van der Waals surface area contributed by atoms with E-state index in [1.54, 1.807) is 30.3 Å². The monoisotopic (exact) mass is 440 g/mol. The number of rotatable bonds is 6. The third kappa shape index (κ3) is 4.10. The van der Waals surface area contributed by atoms with Crippen molar-refractivity contribution in [2.45, 2.75) is 18.7 Å². The van der Waals surface area contributed by atoms with E-state index in [4.69, 9.17) is 4.74 Å². The van der Waals surface area contributed by atoms with Gasteiger partial charge >= 0.3 is 0 Å². The number of sulfonamides is 1. The second-order valence-corrected chi connectivity index (χ2v) is 9.45. The number of benzene rings is 3. The SMILES string of the molecule is CCOc1ccc2nc(-c3cc(NS(=O)(=O)c4ccc(C)cc4)ccc3O)sc2c1. The Kier molecular flexibility index (Phi) is 5.36. The van der Waals surface area contributed by atoms with Crippen LogP contribution in [-0.2, 0) is 10.0 Å². The molecule has 154 valence electrons. The van der Waals surface area contributed by atoms with Crippen molar-refractivity contribution in [2.75, 3.05) is 11.3 Å².